The highest BCUT2D eigenvalue weighted by Crippen LogP contribution is 2.33. The van der Waals surface area contributed by atoms with Gasteiger partial charge in [0.25, 0.3) is 0 Å². The Bertz CT molecular complexity index is 562. The van der Waals surface area contributed by atoms with Crippen molar-refractivity contribution in [3.05, 3.63) is 11.3 Å². The fraction of sp³-hybridized carbons (Fsp3) is 0.778. The summed E-state index contributed by atoms with van der Waals surface area (Å²) in [5.41, 5.74) is 0.762. The van der Waals surface area contributed by atoms with Gasteiger partial charge in [0, 0.05) is 45.9 Å². The Morgan fingerprint density at radius 1 is 0.963 bits per heavy atom. The summed E-state index contributed by atoms with van der Waals surface area (Å²) in [4.78, 5) is 27.7. The molecule has 0 aromatic rings. The summed E-state index contributed by atoms with van der Waals surface area (Å²) in [5.74, 6) is 0.951. The van der Waals surface area contributed by atoms with Crippen molar-refractivity contribution in [3.63, 3.8) is 0 Å². The molecular formula is C18H29ClN2O6. The minimum atomic E-state index is -0.182. The number of halogens is 1. The first-order valence-electron chi connectivity index (χ1n) is 9.07. The number of ether oxygens (including phenoxy) is 2. The van der Waals surface area contributed by atoms with Gasteiger partial charge in [-0.05, 0) is 38.2 Å². The number of carbonyl (C=O) groups is 1. The quantitative estimate of drug-likeness (QED) is 0.545. The molecule has 0 unspecified atom stereocenters. The maximum atomic E-state index is 11.4. The van der Waals surface area contributed by atoms with Crippen molar-refractivity contribution >= 4 is 24.3 Å². The normalized spacial score (nSPS) is 25.0. The number of nitrogens with one attached hydrogen (secondary N) is 2. The molecule has 0 aromatic heterocycles. The maximum Gasteiger partial charge on any atom is 0.373 e. The van der Waals surface area contributed by atoms with Crippen LogP contribution in [0.2, 0.25) is 0 Å². The van der Waals surface area contributed by atoms with Crippen LogP contribution < -0.4 is 10.6 Å². The Hall–Kier alpha value is -1.28. The second-order valence-corrected chi connectivity index (χ2v) is 7.05. The van der Waals surface area contributed by atoms with Crippen LogP contribution in [0.5, 0.6) is 0 Å². The Balaban J connectivity index is 0.000000229. The molecule has 8 nitrogen and oxygen atoms in total. The second kappa shape index (κ2) is 10.9. The van der Waals surface area contributed by atoms with Gasteiger partial charge in [-0.15, -0.1) is 12.4 Å². The minimum absolute atomic E-state index is 0. The van der Waals surface area contributed by atoms with E-state index in [1.807, 2.05) is 6.92 Å². The Labute approximate surface area is 165 Å². The van der Waals surface area contributed by atoms with E-state index >= 15 is 0 Å². The minimum Gasteiger partial charge on any atom is -0.510 e. The molecule has 9 heteroatoms. The average Bonchev–Trinajstić information content (AvgIpc) is 3.13. The molecule has 4 rings (SSSR count). The highest BCUT2D eigenvalue weighted by atomic mass is 35.5. The first-order chi connectivity index (χ1) is 12.5. The Morgan fingerprint density at radius 2 is 1.44 bits per heavy atom. The molecule has 3 fully saturated rings. The maximum absolute atomic E-state index is 11.4. The van der Waals surface area contributed by atoms with Gasteiger partial charge in [0.15, 0.2) is 5.78 Å². The van der Waals surface area contributed by atoms with Gasteiger partial charge in [0.05, 0.1) is 11.1 Å². The van der Waals surface area contributed by atoms with E-state index in [1.54, 1.807) is 0 Å². The van der Waals surface area contributed by atoms with Gasteiger partial charge < -0.3 is 25.2 Å². The van der Waals surface area contributed by atoms with Crippen LogP contribution in [0.3, 0.4) is 0 Å². The third kappa shape index (κ3) is 5.60. The van der Waals surface area contributed by atoms with E-state index in [4.69, 9.17) is 19.1 Å². The lowest BCUT2D eigenvalue weighted by Gasteiger charge is -2.33. The molecule has 0 saturated carbocycles. The van der Waals surface area contributed by atoms with Crippen molar-refractivity contribution in [1.29, 1.82) is 0 Å². The van der Waals surface area contributed by atoms with Crippen molar-refractivity contribution in [3.8, 4) is 0 Å². The van der Waals surface area contributed by atoms with Crippen molar-refractivity contribution in [1.82, 2.24) is 10.6 Å². The van der Waals surface area contributed by atoms with Crippen LogP contribution in [0.4, 0.5) is 0 Å². The van der Waals surface area contributed by atoms with E-state index < -0.39 is 0 Å². The smallest absolute Gasteiger partial charge is 0.373 e. The van der Waals surface area contributed by atoms with E-state index in [1.165, 1.54) is 0 Å². The predicted octanol–water partition coefficient (Wildman–Crippen LogP) is 0.907. The zero-order valence-electron chi connectivity index (χ0n) is 15.7. The van der Waals surface area contributed by atoms with Crippen molar-refractivity contribution < 1.29 is 29.0 Å². The van der Waals surface area contributed by atoms with Crippen molar-refractivity contribution in [2.45, 2.75) is 50.1 Å². The summed E-state index contributed by atoms with van der Waals surface area (Å²) in [6.45, 7) is 6.64. The second-order valence-electron chi connectivity index (χ2n) is 7.05. The molecule has 2 spiro atoms. The molecule has 27 heavy (non-hydrogen) atoms. The summed E-state index contributed by atoms with van der Waals surface area (Å²) in [6, 6.07) is 0. The van der Waals surface area contributed by atoms with Crippen molar-refractivity contribution in [2.75, 3.05) is 39.5 Å². The fourth-order valence-corrected chi connectivity index (χ4v) is 3.94. The molecule has 4 heterocycles. The van der Waals surface area contributed by atoms with E-state index in [-0.39, 0.29) is 29.6 Å². The van der Waals surface area contributed by atoms with Crippen LogP contribution in [-0.4, -0.2) is 67.6 Å². The first kappa shape index (κ1) is 23.8. The van der Waals surface area contributed by atoms with E-state index in [0.29, 0.717) is 18.0 Å². The highest BCUT2D eigenvalue weighted by Gasteiger charge is 2.42. The number of aliphatic hydroxyl groups is 1. The van der Waals surface area contributed by atoms with Gasteiger partial charge >= 0.3 is 6.15 Å². The monoisotopic (exact) mass is 404 g/mol. The van der Waals surface area contributed by atoms with Crippen LogP contribution in [0, 0.1) is 0 Å². The van der Waals surface area contributed by atoms with E-state index in [0.717, 1.165) is 70.8 Å². The molecule has 3 N–H and O–H groups in total. The summed E-state index contributed by atoms with van der Waals surface area (Å²) >= 11 is 0. The summed E-state index contributed by atoms with van der Waals surface area (Å²) < 4.78 is 10.5. The van der Waals surface area contributed by atoms with Gasteiger partial charge in [-0.25, -0.2) is 0 Å². The lowest BCUT2D eigenvalue weighted by Crippen LogP contribution is -2.49. The number of hydrogen-bond donors (Lipinski definition) is 3. The summed E-state index contributed by atoms with van der Waals surface area (Å²) in [6.07, 6.45) is 4.49. The highest BCUT2D eigenvalue weighted by molar-refractivity contribution is 5.90. The molecule has 0 amide bonds. The molecule has 4 aliphatic rings. The Morgan fingerprint density at radius 3 is 1.81 bits per heavy atom. The molecule has 154 valence electrons. The molecule has 4 aliphatic heterocycles. The van der Waals surface area contributed by atoms with Gasteiger partial charge in [-0.1, -0.05) is 0 Å². The van der Waals surface area contributed by atoms with Crippen LogP contribution in [0.15, 0.2) is 11.3 Å². The SMILES string of the molecule is CC1=C(O)C2(CCOCC2)NC1.Cl.O=C1CCNC12CCOCC2.O=C=O. The predicted molar refractivity (Wildman–Crippen MR) is 98.8 cm³/mol. The van der Waals surface area contributed by atoms with Gasteiger partial charge in [0.1, 0.15) is 5.76 Å². The summed E-state index contributed by atoms with van der Waals surface area (Å²) in [5, 5.41) is 16.5. The number of Topliss-reactive ketones (excluding diaryl/α,β-unsaturated/α-hetero) is 1. The van der Waals surface area contributed by atoms with E-state index in [9.17, 15) is 9.90 Å². The number of hydrogen-bond acceptors (Lipinski definition) is 8. The number of carbonyl (C=O) groups excluding carboxylic acids is 3. The largest absolute Gasteiger partial charge is 0.510 e. The molecular weight excluding hydrogens is 376 g/mol. The number of ketones is 1. The van der Waals surface area contributed by atoms with Crippen molar-refractivity contribution in [2.24, 2.45) is 0 Å². The zero-order valence-corrected chi connectivity index (χ0v) is 16.5. The van der Waals surface area contributed by atoms with E-state index in [2.05, 4.69) is 10.6 Å². The number of aliphatic hydroxyl groups excluding tert-OH is 1. The molecule has 0 atom stereocenters. The standard InChI is InChI=1S/C9H15NO2.C8H13NO2.CO2.ClH/c1-7-6-10-9(8(7)11)2-4-12-5-3-9;10-7-1-4-9-8(7)2-5-11-6-3-8;2-1-3;/h10-11H,2-6H2,1H3;9H,1-6H2;;1H. The lowest BCUT2D eigenvalue weighted by atomic mass is 9.88. The van der Waals surface area contributed by atoms with Crippen LogP contribution in [0.25, 0.3) is 0 Å². The average molecular weight is 405 g/mol. The zero-order chi connectivity index (χ0) is 19.0. The van der Waals surface area contributed by atoms with Crippen LogP contribution in [-0.2, 0) is 23.9 Å². The molecule has 0 bridgehead atoms. The van der Waals surface area contributed by atoms with Gasteiger partial charge in [-0.2, -0.15) is 9.59 Å². The lowest BCUT2D eigenvalue weighted by molar-refractivity contribution is -0.191. The van der Waals surface area contributed by atoms with Gasteiger partial charge in [-0.3, -0.25) is 4.79 Å². The van der Waals surface area contributed by atoms with Crippen LogP contribution >= 0.6 is 12.4 Å². The molecule has 0 radical (unpaired) electrons. The number of rotatable bonds is 0. The first-order valence-corrected chi connectivity index (χ1v) is 9.07. The Kier molecular flexibility index (Phi) is 9.59. The fourth-order valence-electron chi connectivity index (χ4n) is 3.94. The third-order valence-electron chi connectivity index (χ3n) is 5.59. The molecule has 0 aromatic carbocycles. The summed E-state index contributed by atoms with van der Waals surface area (Å²) in [7, 11) is 0. The topological polar surface area (TPSA) is 114 Å². The third-order valence-corrected chi connectivity index (χ3v) is 5.59. The van der Waals surface area contributed by atoms with Crippen LogP contribution in [0.1, 0.15) is 39.0 Å². The molecule has 0 aliphatic carbocycles. The van der Waals surface area contributed by atoms with Gasteiger partial charge in [0.2, 0.25) is 0 Å². The molecule has 3 saturated heterocycles.